The van der Waals surface area contributed by atoms with Gasteiger partial charge in [-0.05, 0) is 43.3 Å². The lowest BCUT2D eigenvalue weighted by atomic mass is 9.87. The minimum atomic E-state index is -3.69. The number of fused-ring (bicyclic) bond motifs is 2. The molecule has 0 bridgehead atoms. The number of rotatable bonds is 7. The molecule has 32 heavy (non-hydrogen) atoms. The van der Waals surface area contributed by atoms with Crippen molar-refractivity contribution in [2.45, 2.75) is 23.8 Å². The standard InChI is InChI=1S/C24H24N2O5S/c1-16(15-30-2)26-32(28,29)18-13-11-17(12-14-18)25-24(27)23-19-7-3-5-9-21(19)31-22-10-6-4-8-20(22)23/h3-14,16,23,26H,15H2,1-2H3,(H,25,27). The van der Waals surface area contributed by atoms with Crippen molar-refractivity contribution in [1.29, 1.82) is 0 Å². The average Bonchev–Trinajstić information content (AvgIpc) is 2.77. The number of hydrogen-bond acceptors (Lipinski definition) is 5. The van der Waals surface area contributed by atoms with Crippen LogP contribution in [0.15, 0.2) is 77.7 Å². The fourth-order valence-electron chi connectivity index (χ4n) is 3.74. The Hall–Kier alpha value is -3.20. The van der Waals surface area contributed by atoms with Crippen molar-refractivity contribution in [2.75, 3.05) is 19.0 Å². The van der Waals surface area contributed by atoms with E-state index in [1.165, 1.54) is 19.2 Å². The van der Waals surface area contributed by atoms with Gasteiger partial charge in [0, 0.05) is 30.0 Å². The Morgan fingerprint density at radius 2 is 1.53 bits per heavy atom. The Morgan fingerprint density at radius 3 is 2.09 bits per heavy atom. The van der Waals surface area contributed by atoms with Gasteiger partial charge in [-0.1, -0.05) is 36.4 Å². The summed E-state index contributed by atoms with van der Waals surface area (Å²) >= 11 is 0. The number of ether oxygens (including phenoxy) is 2. The largest absolute Gasteiger partial charge is 0.457 e. The third-order valence-electron chi connectivity index (χ3n) is 5.15. The van der Waals surface area contributed by atoms with Crippen LogP contribution in [-0.2, 0) is 19.6 Å². The van der Waals surface area contributed by atoms with E-state index >= 15 is 0 Å². The van der Waals surface area contributed by atoms with Crippen LogP contribution in [0.5, 0.6) is 11.5 Å². The lowest BCUT2D eigenvalue weighted by Gasteiger charge is -2.27. The van der Waals surface area contributed by atoms with Crippen LogP contribution in [0.4, 0.5) is 5.69 Å². The molecule has 1 aliphatic rings. The molecule has 3 aromatic carbocycles. The van der Waals surface area contributed by atoms with Gasteiger partial charge in [0.2, 0.25) is 15.9 Å². The van der Waals surface area contributed by atoms with Crippen LogP contribution in [0.1, 0.15) is 24.0 Å². The molecule has 1 atom stereocenters. The summed E-state index contributed by atoms with van der Waals surface area (Å²) in [5.41, 5.74) is 2.05. The molecule has 0 spiro atoms. The first kappa shape index (κ1) is 22.0. The fourth-order valence-corrected chi connectivity index (χ4v) is 4.97. The van der Waals surface area contributed by atoms with Crippen LogP contribution < -0.4 is 14.8 Å². The van der Waals surface area contributed by atoms with Crippen molar-refractivity contribution >= 4 is 21.6 Å². The highest BCUT2D eigenvalue weighted by Crippen LogP contribution is 2.44. The van der Waals surface area contributed by atoms with Gasteiger partial charge >= 0.3 is 0 Å². The predicted octanol–water partition coefficient (Wildman–Crippen LogP) is 3.88. The van der Waals surface area contributed by atoms with Crippen LogP contribution in [0.25, 0.3) is 0 Å². The number of anilines is 1. The van der Waals surface area contributed by atoms with Gasteiger partial charge in [0.15, 0.2) is 0 Å². The predicted molar refractivity (Wildman–Crippen MR) is 122 cm³/mol. The molecule has 7 nitrogen and oxygen atoms in total. The first-order chi connectivity index (χ1) is 15.4. The minimum absolute atomic E-state index is 0.111. The Balaban J connectivity index is 1.55. The Kier molecular flexibility index (Phi) is 6.27. The number of para-hydroxylation sites is 2. The van der Waals surface area contributed by atoms with E-state index in [1.54, 1.807) is 19.1 Å². The number of amides is 1. The number of carbonyl (C=O) groups excluding carboxylic acids is 1. The third kappa shape index (κ3) is 4.52. The Labute approximate surface area is 187 Å². The number of sulfonamides is 1. The molecule has 0 fully saturated rings. The van der Waals surface area contributed by atoms with Gasteiger partial charge in [-0.15, -0.1) is 0 Å². The molecule has 8 heteroatoms. The first-order valence-electron chi connectivity index (χ1n) is 10.2. The summed E-state index contributed by atoms with van der Waals surface area (Å²) in [5.74, 6) is 0.514. The molecule has 1 aliphatic heterocycles. The van der Waals surface area contributed by atoms with E-state index in [9.17, 15) is 13.2 Å². The van der Waals surface area contributed by atoms with Crippen LogP contribution in [0.2, 0.25) is 0 Å². The normalized spacial score (nSPS) is 14.1. The molecule has 0 radical (unpaired) electrons. The summed E-state index contributed by atoms with van der Waals surface area (Å²) < 4.78 is 38.5. The molecule has 0 aromatic heterocycles. The maximum absolute atomic E-state index is 13.3. The van der Waals surface area contributed by atoms with Crippen molar-refractivity contribution in [3.63, 3.8) is 0 Å². The molecular formula is C24H24N2O5S. The fraction of sp³-hybridized carbons (Fsp3) is 0.208. The maximum atomic E-state index is 13.3. The van der Waals surface area contributed by atoms with Crippen molar-refractivity contribution in [1.82, 2.24) is 4.72 Å². The van der Waals surface area contributed by atoms with Gasteiger partial charge in [0.1, 0.15) is 11.5 Å². The summed E-state index contributed by atoms with van der Waals surface area (Å²) in [6.45, 7) is 1.99. The maximum Gasteiger partial charge on any atom is 0.240 e. The van der Waals surface area contributed by atoms with Gasteiger partial charge in [-0.25, -0.2) is 13.1 Å². The summed E-state index contributed by atoms with van der Waals surface area (Å²) in [4.78, 5) is 13.4. The van der Waals surface area contributed by atoms with E-state index in [0.29, 0.717) is 17.2 Å². The van der Waals surface area contributed by atoms with Crippen LogP contribution >= 0.6 is 0 Å². The lowest BCUT2D eigenvalue weighted by molar-refractivity contribution is -0.116. The Morgan fingerprint density at radius 1 is 0.969 bits per heavy atom. The van der Waals surface area contributed by atoms with E-state index in [2.05, 4.69) is 10.0 Å². The second-order valence-electron chi connectivity index (χ2n) is 7.60. The van der Waals surface area contributed by atoms with E-state index in [1.807, 2.05) is 48.5 Å². The zero-order valence-corrected chi connectivity index (χ0v) is 18.6. The summed E-state index contributed by atoms with van der Waals surface area (Å²) in [6, 6.07) is 20.6. The van der Waals surface area contributed by atoms with Crippen LogP contribution in [0.3, 0.4) is 0 Å². The van der Waals surface area contributed by atoms with Crippen molar-refractivity contribution in [3.05, 3.63) is 83.9 Å². The molecule has 1 heterocycles. The van der Waals surface area contributed by atoms with Gasteiger partial charge < -0.3 is 14.8 Å². The quantitative estimate of drug-likeness (QED) is 0.568. The van der Waals surface area contributed by atoms with Gasteiger partial charge in [-0.2, -0.15) is 0 Å². The van der Waals surface area contributed by atoms with E-state index in [4.69, 9.17) is 9.47 Å². The van der Waals surface area contributed by atoms with Gasteiger partial charge in [0.05, 0.1) is 17.4 Å². The minimum Gasteiger partial charge on any atom is -0.457 e. The second-order valence-corrected chi connectivity index (χ2v) is 9.32. The zero-order valence-electron chi connectivity index (χ0n) is 17.7. The SMILES string of the molecule is COCC(C)NS(=O)(=O)c1ccc(NC(=O)C2c3ccccc3Oc3ccccc32)cc1. The molecule has 2 N–H and O–H groups in total. The van der Waals surface area contributed by atoms with Crippen molar-refractivity contribution < 1.29 is 22.7 Å². The number of nitrogens with one attached hydrogen (secondary N) is 2. The first-order valence-corrected chi connectivity index (χ1v) is 11.7. The highest BCUT2D eigenvalue weighted by atomic mass is 32.2. The van der Waals surface area contributed by atoms with Crippen LogP contribution in [0, 0.1) is 0 Å². The van der Waals surface area contributed by atoms with Gasteiger partial charge in [0.25, 0.3) is 0 Å². The lowest BCUT2D eigenvalue weighted by Crippen LogP contribution is -2.35. The molecular weight excluding hydrogens is 428 g/mol. The Bertz CT molecular complexity index is 1180. The zero-order chi connectivity index (χ0) is 22.7. The van der Waals surface area contributed by atoms with Crippen molar-refractivity contribution in [3.8, 4) is 11.5 Å². The highest BCUT2D eigenvalue weighted by Gasteiger charge is 2.32. The van der Waals surface area contributed by atoms with Crippen LogP contribution in [-0.4, -0.2) is 34.1 Å². The summed E-state index contributed by atoms with van der Waals surface area (Å²) in [5, 5.41) is 2.90. The summed E-state index contributed by atoms with van der Waals surface area (Å²) in [6.07, 6.45) is 0. The van der Waals surface area contributed by atoms with E-state index in [-0.39, 0.29) is 23.5 Å². The number of hydrogen-bond donors (Lipinski definition) is 2. The molecule has 0 aliphatic carbocycles. The molecule has 1 unspecified atom stereocenters. The number of carbonyl (C=O) groups is 1. The number of benzene rings is 3. The molecule has 1 amide bonds. The van der Waals surface area contributed by atoms with E-state index in [0.717, 1.165) is 11.1 Å². The summed E-state index contributed by atoms with van der Waals surface area (Å²) in [7, 11) is -2.18. The topological polar surface area (TPSA) is 93.7 Å². The number of methoxy groups -OCH3 is 1. The monoisotopic (exact) mass is 452 g/mol. The van der Waals surface area contributed by atoms with Crippen molar-refractivity contribution in [2.24, 2.45) is 0 Å². The molecule has 166 valence electrons. The van der Waals surface area contributed by atoms with Gasteiger partial charge in [-0.3, -0.25) is 4.79 Å². The van der Waals surface area contributed by atoms with E-state index < -0.39 is 15.9 Å². The second kappa shape index (κ2) is 9.12. The molecule has 4 rings (SSSR count). The highest BCUT2D eigenvalue weighted by molar-refractivity contribution is 7.89. The molecule has 0 saturated heterocycles. The smallest absolute Gasteiger partial charge is 0.240 e. The average molecular weight is 453 g/mol. The molecule has 3 aromatic rings. The third-order valence-corrected chi connectivity index (χ3v) is 6.75. The molecule has 0 saturated carbocycles.